The molecule has 0 spiro atoms. The Labute approximate surface area is 145 Å². The van der Waals surface area contributed by atoms with Gasteiger partial charge in [0.2, 0.25) is 0 Å². The highest BCUT2D eigenvalue weighted by Gasteiger charge is 2.69. The van der Waals surface area contributed by atoms with Crippen molar-refractivity contribution in [1.29, 1.82) is 0 Å². The van der Waals surface area contributed by atoms with Gasteiger partial charge in [-0.3, -0.25) is 4.18 Å². The maximum Gasteiger partial charge on any atom is 0.333 e. The van der Waals surface area contributed by atoms with Gasteiger partial charge in [-0.2, -0.15) is 8.42 Å². The molecule has 0 amide bonds. The molecule has 6 unspecified atom stereocenters. The first-order valence-electron chi connectivity index (χ1n) is 7.90. The lowest BCUT2D eigenvalue weighted by Gasteiger charge is -2.25. The van der Waals surface area contributed by atoms with Crippen LogP contribution in [0.5, 0.6) is 0 Å². The summed E-state index contributed by atoms with van der Waals surface area (Å²) >= 11 is 0. The van der Waals surface area contributed by atoms with Crippen molar-refractivity contribution in [3.05, 3.63) is 12.2 Å². The third-order valence-electron chi connectivity index (χ3n) is 4.55. The van der Waals surface area contributed by atoms with E-state index < -0.39 is 51.7 Å². The van der Waals surface area contributed by atoms with Crippen molar-refractivity contribution in [2.24, 2.45) is 5.92 Å². The second-order valence-corrected chi connectivity index (χ2v) is 8.08. The van der Waals surface area contributed by atoms with E-state index in [-0.39, 0.29) is 31.3 Å². The molecule has 3 fully saturated rings. The first kappa shape index (κ1) is 18.3. The van der Waals surface area contributed by atoms with Crippen LogP contribution in [0.1, 0.15) is 13.8 Å². The van der Waals surface area contributed by atoms with Crippen molar-refractivity contribution < 1.29 is 41.1 Å². The highest BCUT2D eigenvalue weighted by molar-refractivity contribution is 7.87. The quantitative estimate of drug-likeness (QED) is 0.252. The van der Waals surface area contributed by atoms with Crippen LogP contribution < -0.4 is 0 Å². The van der Waals surface area contributed by atoms with E-state index in [1.165, 1.54) is 6.92 Å². The van der Waals surface area contributed by atoms with E-state index >= 15 is 0 Å². The summed E-state index contributed by atoms with van der Waals surface area (Å²) in [5, 5.41) is -0.669. The molecule has 10 heteroatoms. The van der Waals surface area contributed by atoms with Crippen LogP contribution in [0, 0.1) is 5.92 Å². The van der Waals surface area contributed by atoms with Gasteiger partial charge in [-0.1, -0.05) is 13.5 Å². The molecule has 0 N–H and O–H groups in total. The minimum Gasteiger partial charge on any atom is -0.460 e. The zero-order valence-corrected chi connectivity index (χ0v) is 14.7. The van der Waals surface area contributed by atoms with Gasteiger partial charge in [0, 0.05) is 11.5 Å². The van der Waals surface area contributed by atoms with E-state index in [0.717, 1.165) is 0 Å². The molecule has 3 saturated heterocycles. The van der Waals surface area contributed by atoms with Crippen LogP contribution in [-0.2, 0) is 42.8 Å². The number of hydrogen-bond donors (Lipinski definition) is 0. The van der Waals surface area contributed by atoms with Crippen LogP contribution in [0.15, 0.2) is 12.2 Å². The number of ether oxygens (including phenoxy) is 4. The van der Waals surface area contributed by atoms with Crippen molar-refractivity contribution in [3.63, 3.8) is 0 Å². The highest BCUT2D eigenvalue weighted by Crippen LogP contribution is 2.50. The van der Waals surface area contributed by atoms with E-state index in [4.69, 9.17) is 23.1 Å². The second kappa shape index (κ2) is 6.67. The Morgan fingerprint density at radius 3 is 2.48 bits per heavy atom. The van der Waals surface area contributed by atoms with Crippen LogP contribution in [0.2, 0.25) is 0 Å². The Bertz CT molecular complexity index is 685. The van der Waals surface area contributed by atoms with Crippen molar-refractivity contribution in [2.75, 3.05) is 19.8 Å². The summed E-state index contributed by atoms with van der Waals surface area (Å²) in [6.07, 6.45) is -2.34. The van der Waals surface area contributed by atoms with Crippen molar-refractivity contribution in [1.82, 2.24) is 0 Å². The fourth-order valence-corrected chi connectivity index (χ4v) is 5.33. The lowest BCUT2D eigenvalue weighted by molar-refractivity contribution is -0.157. The summed E-state index contributed by atoms with van der Waals surface area (Å²) in [6, 6.07) is 0. The fourth-order valence-electron chi connectivity index (χ4n) is 3.45. The molecule has 9 nitrogen and oxygen atoms in total. The molecule has 0 radical (unpaired) electrons. The Morgan fingerprint density at radius 1 is 1.12 bits per heavy atom. The standard InChI is InChI=1S/C15H20O9S/c1-7(2)15(17)21-5-4-20-9(16)6-22-11-10-8(3)14-13(23-10)12(11)24-25(14,18)19/h8,10-14H,1,4-6H2,2-3H3. The van der Waals surface area contributed by atoms with Crippen molar-refractivity contribution >= 4 is 22.1 Å². The third-order valence-corrected chi connectivity index (χ3v) is 6.40. The molecule has 0 aromatic rings. The molecule has 0 aromatic heterocycles. The predicted molar refractivity (Wildman–Crippen MR) is 81.9 cm³/mol. The van der Waals surface area contributed by atoms with E-state index in [9.17, 15) is 18.0 Å². The lowest BCUT2D eigenvalue weighted by atomic mass is 9.86. The molecule has 0 aromatic carbocycles. The van der Waals surface area contributed by atoms with E-state index in [1.54, 1.807) is 6.92 Å². The summed E-state index contributed by atoms with van der Waals surface area (Å²) < 4.78 is 49.8. The van der Waals surface area contributed by atoms with Gasteiger partial charge in [-0.25, -0.2) is 9.59 Å². The smallest absolute Gasteiger partial charge is 0.333 e. The summed E-state index contributed by atoms with van der Waals surface area (Å²) in [4.78, 5) is 22.8. The first-order valence-corrected chi connectivity index (χ1v) is 9.37. The Hall–Kier alpha value is -1.49. The fraction of sp³-hybridized carbons (Fsp3) is 0.733. The highest BCUT2D eigenvalue weighted by atomic mass is 32.2. The van der Waals surface area contributed by atoms with Gasteiger partial charge in [0.25, 0.3) is 10.1 Å². The van der Waals surface area contributed by atoms with E-state index in [2.05, 4.69) is 6.58 Å². The topological polar surface area (TPSA) is 114 Å². The van der Waals surface area contributed by atoms with Gasteiger partial charge >= 0.3 is 11.9 Å². The molecule has 3 rings (SSSR count). The first-order chi connectivity index (χ1) is 11.7. The summed E-state index contributed by atoms with van der Waals surface area (Å²) in [6.45, 7) is 6.14. The van der Waals surface area contributed by atoms with Crippen molar-refractivity contribution in [3.8, 4) is 0 Å². The normalized spacial score (nSPS) is 37.0. The number of hydrogen-bond acceptors (Lipinski definition) is 9. The molecule has 3 aliphatic rings. The van der Waals surface area contributed by atoms with Crippen LogP contribution in [-0.4, -0.2) is 69.8 Å². The molecule has 25 heavy (non-hydrogen) atoms. The molecular weight excluding hydrogens is 356 g/mol. The van der Waals surface area contributed by atoms with Gasteiger partial charge in [-0.15, -0.1) is 0 Å². The molecule has 2 bridgehead atoms. The molecule has 6 atom stereocenters. The molecule has 3 heterocycles. The van der Waals surface area contributed by atoms with Crippen LogP contribution >= 0.6 is 0 Å². The molecular formula is C15H20O9S. The van der Waals surface area contributed by atoms with Gasteiger partial charge in [0.05, 0.1) is 6.10 Å². The molecule has 3 aliphatic heterocycles. The number of esters is 2. The SMILES string of the molecule is C=C(C)C(=O)OCCOC(=O)COC1C2OC3C1OS(=O)(=O)C3C2C. The zero-order valence-electron chi connectivity index (χ0n) is 13.9. The Balaban J connectivity index is 1.43. The maximum absolute atomic E-state index is 12.0. The van der Waals surface area contributed by atoms with Gasteiger partial charge in [0.15, 0.2) is 0 Å². The Morgan fingerprint density at radius 2 is 1.80 bits per heavy atom. The van der Waals surface area contributed by atoms with E-state index in [1.807, 2.05) is 0 Å². The monoisotopic (exact) mass is 376 g/mol. The minimum absolute atomic E-state index is 0.0859. The van der Waals surface area contributed by atoms with Gasteiger partial charge in [-0.05, 0) is 6.92 Å². The number of rotatable bonds is 7. The summed E-state index contributed by atoms with van der Waals surface area (Å²) in [5.41, 5.74) is 0.255. The van der Waals surface area contributed by atoms with Crippen LogP contribution in [0.3, 0.4) is 0 Å². The number of fused-ring (bicyclic) bond motifs is 1. The zero-order chi connectivity index (χ0) is 18.4. The maximum atomic E-state index is 12.0. The van der Waals surface area contributed by atoms with Gasteiger partial charge < -0.3 is 18.9 Å². The van der Waals surface area contributed by atoms with Crippen LogP contribution in [0.4, 0.5) is 0 Å². The molecule has 0 saturated carbocycles. The average Bonchev–Trinajstić information content (AvgIpc) is 3.10. The third kappa shape index (κ3) is 3.31. The largest absolute Gasteiger partial charge is 0.460 e. The summed E-state index contributed by atoms with van der Waals surface area (Å²) in [7, 11) is -3.66. The minimum atomic E-state index is -3.66. The predicted octanol–water partition coefficient (Wildman–Crippen LogP) is -0.452. The van der Waals surface area contributed by atoms with E-state index in [0.29, 0.717) is 0 Å². The van der Waals surface area contributed by atoms with Crippen LogP contribution in [0.25, 0.3) is 0 Å². The summed E-state index contributed by atoms with van der Waals surface area (Å²) in [5.74, 6) is -1.48. The molecule has 140 valence electrons. The average molecular weight is 376 g/mol. The molecule has 0 aliphatic carbocycles. The second-order valence-electron chi connectivity index (χ2n) is 6.36. The van der Waals surface area contributed by atoms with Crippen molar-refractivity contribution in [2.45, 2.75) is 43.5 Å². The van der Waals surface area contributed by atoms with Gasteiger partial charge in [0.1, 0.15) is 43.4 Å². The number of carbonyl (C=O) groups is 2. The Kier molecular flexibility index (Phi) is 4.89. The lowest BCUT2D eigenvalue weighted by Crippen LogP contribution is -2.45. The number of carbonyl (C=O) groups excluding carboxylic acids is 2.